The lowest BCUT2D eigenvalue weighted by molar-refractivity contribution is -0.120. The minimum Gasteiger partial charge on any atom is -0.497 e. The molecule has 0 saturated carbocycles. The highest BCUT2D eigenvalue weighted by molar-refractivity contribution is 5.72. The molecule has 1 aromatic rings. The Labute approximate surface area is 156 Å². The predicted molar refractivity (Wildman–Crippen MR) is 103 cm³/mol. The van der Waals surface area contributed by atoms with E-state index in [-0.39, 0.29) is 17.6 Å². The molecule has 0 radical (unpaired) electrons. The van der Waals surface area contributed by atoms with E-state index in [1.807, 2.05) is 12.1 Å². The number of nitrogens with zero attached hydrogens (tertiary/aromatic N) is 1. The van der Waals surface area contributed by atoms with E-state index in [0.717, 1.165) is 51.1 Å². The topological polar surface area (TPSA) is 50.8 Å². The Morgan fingerprint density at radius 3 is 2.69 bits per heavy atom. The molecule has 5 heteroatoms. The Morgan fingerprint density at radius 2 is 2.04 bits per heavy atom. The smallest absolute Gasteiger partial charge is 0.216 e. The van der Waals surface area contributed by atoms with E-state index in [2.05, 4.69) is 34.5 Å². The van der Waals surface area contributed by atoms with Crippen LogP contribution in [0.25, 0.3) is 6.08 Å². The van der Waals surface area contributed by atoms with Gasteiger partial charge in [0.25, 0.3) is 0 Å². The molecule has 1 atom stereocenters. The quantitative estimate of drug-likeness (QED) is 0.850. The van der Waals surface area contributed by atoms with Crippen LogP contribution in [-0.4, -0.2) is 55.8 Å². The van der Waals surface area contributed by atoms with Gasteiger partial charge in [-0.1, -0.05) is 24.3 Å². The number of carbonyl (C=O) groups is 1. The van der Waals surface area contributed by atoms with Crippen LogP contribution in [0.15, 0.2) is 30.3 Å². The molecular formula is C21H30N2O3. The van der Waals surface area contributed by atoms with E-state index in [1.165, 1.54) is 5.56 Å². The summed E-state index contributed by atoms with van der Waals surface area (Å²) >= 11 is 0. The molecule has 142 valence electrons. The van der Waals surface area contributed by atoms with Crippen molar-refractivity contribution in [3.8, 4) is 5.75 Å². The second kappa shape index (κ2) is 8.69. The molecule has 1 aromatic carbocycles. The third-order valence-electron chi connectivity index (χ3n) is 5.47. The molecular weight excluding hydrogens is 328 g/mol. The summed E-state index contributed by atoms with van der Waals surface area (Å²) in [7, 11) is 1.68. The van der Waals surface area contributed by atoms with Crippen molar-refractivity contribution in [2.45, 2.75) is 44.3 Å². The van der Waals surface area contributed by atoms with Gasteiger partial charge in [-0.05, 0) is 43.4 Å². The summed E-state index contributed by atoms with van der Waals surface area (Å²) in [5.41, 5.74) is 1.23. The molecule has 1 spiro atoms. The first-order valence-electron chi connectivity index (χ1n) is 9.54. The number of hydrogen-bond acceptors (Lipinski definition) is 4. The standard InChI is InChI=1S/C21H30N2O3/c1-17(24)22-16-20-9-10-21(26-20)11-14-23(15-12-21)13-3-4-18-5-7-19(25-2)8-6-18/h3-8,20H,9-16H2,1-2H3,(H,22,24)/b4-3+. The number of ether oxygens (including phenoxy) is 2. The molecule has 2 heterocycles. The molecule has 0 aliphatic carbocycles. The minimum atomic E-state index is 0.0213. The Morgan fingerprint density at radius 1 is 1.31 bits per heavy atom. The summed E-state index contributed by atoms with van der Waals surface area (Å²) in [4.78, 5) is 13.5. The van der Waals surface area contributed by atoms with E-state index in [0.29, 0.717) is 6.54 Å². The monoisotopic (exact) mass is 358 g/mol. The molecule has 1 amide bonds. The van der Waals surface area contributed by atoms with Crippen molar-refractivity contribution >= 4 is 12.0 Å². The Balaban J connectivity index is 1.41. The molecule has 3 rings (SSSR count). The lowest BCUT2D eigenvalue weighted by Gasteiger charge is -2.38. The van der Waals surface area contributed by atoms with Crippen molar-refractivity contribution in [3.63, 3.8) is 0 Å². The maximum atomic E-state index is 11.1. The number of nitrogens with one attached hydrogen (secondary N) is 1. The van der Waals surface area contributed by atoms with Crippen molar-refractivity contribution in [1.29, 1.82) is 0 Å². The lowest BCUT2D eigenvalue weighted by Crippen LogP contribution is -2.45. The van der Waals surface area contributed by atoms with Gasteiger partial charge in [-0.15, -0.1) is 0 Å². The Bertz CT molecular complexity index is 619. The molecule has 26 heavy (non-hydrogen) atoms. The average molecular weight is 358 g/mol. The maximum Gasteiger partial charge on any atom is 0.216 e. The van der Waals surface area contributed by atoms with Crippen LogP contribution in [0, 0.1) is 0 Å². The first-order valence-corrected chi connectivity index (χ1v) is 9.54. The molecule has 1 N–H and O–H groups in total. The summed E-state index contributed by atoms with van der Waals surface area (Å²) < 4.78 is 11.5. The summed E-state index contributed by atoms with van der Waals surface area (Å²) in [6.07, 6.45) is 8.92. The molecule has 2 saturated heterocycles. The zero-order valence-corrected chi connectivity index (χ0v) is 15.9. The van der Waals surface area contributed by atoms with Gasteiger partial charge in [0, 0.05) is 33.1 Å². The van der Waals surface area contributed by atoms with Crippen LogP contribution in [0.4, 0.5) is 0 Å². The third-order valence-corrected chi connectivity index (χ3v) is 5.47. The second-order valence-corrected chi connectivity index (χ2v) is 7.37. The average Bonchev–Trinajstić information content (AvgIpc) is 3.05. The van der Waals surface area contributed by atoms with Gasteiger partial charge in [0.15, 0.2) is 0 Å². The van der Waals surface area contributed by atoms with Gasteiger partial charge in [0.1, 0.15) is 5.75 Å². The third kappa shape index (κ3) is 5.08. The first kappa shape index (κ1) is 18.9. The Kier molecular flexibility index (Phi) is 6.33. The van der Waals surface area contributed by atoms with Crippen LogP contribution in [0.3, 0.4) is 0 Å². The van der Waals surface area contributed by atoms with Gasteiger partial charge >= 0.3 is 0 Å². The number of likely N-dealkylation sites (tertiary alicyclic amines) is 1. The summed E-state index contributed by atoms with van der Waals surface area (Å²) in [6, 6.07) is 8.11. The summed E-state index contributed by atoms with van der Waals surface area (Å²) in [5, 5.41) is 2.88. The van der Waals surface area contributed by atoms with Crippen LogP contribution < -0.4 is 10.1 Å². The molecule has 5 nitrogen and oxygen atoms in total. The summed E-state index contributed by atoms with van der Waals surface area (Å²) in [5.74, 6) is 0.907. The van der Waals surface area contributed by atoms with Crippen LogP contribution in [-0.2, 0) is 9.53 Å². The van der Waals surface area contributed by atoms with E-state index in [9.17, 15) is 4.79 Å². The fraction of sp³-hybridized carbons (Fsp3) is 0.571. The zero-order chi connectivity index (χ0) is 18.4. The van der Waals surface area contributed by atoms with Crippen molar-refractivity contribution in [2.75, 3.05) is 33.3 Å². The zero-order valence-electron chi connectivity index (χ0n) is 15.9. The van der Waals surface area contributed by atoms with Gasteiger partial charge in [-0.3, -0.25) is 9.69 Å². The first-order chi connectivity index (χ1) is 12.6. The SMILES string of the molecule is COc1ccc(/C=C/CN2CCC3(CCC(CNC(C)=O)O3)CC2)cc1. The van der Waals surface area contributed by atoms with E-state index in [1.54, 1.807) is 14.0 Å². The van der Waals surface area contributed by atoms with Gasteiger partial charge in [-0.25, -0.2) is 0 Å². The van der Waals surface area contributed by atoms with Gasteiger partial charge in [0.05, 0.1) is 18.8 Å². The van der Waals surface area contributed by atoms with Crippen molar-refractivity contribution in [3.05, 3.63) is 35.9 Å². The number of rotatable bonds is 6. The van der Waals surface area contributed by atoms with Gasteiger partial charge < -0.3 is 14.8 Å². The largest absolute Gasteiger partial charge is 0.497 e. The van der Waals surface area contributed by atoms with E-state index in [4.69, 9.17) is 9.47 Å². The fourth-order valence-corrected chi connectivity index (χ4v) is 3.86. The van der Waals surface area contributed by atoms with Crippen molar-refractivity contribution < 1.29 is 14.3 Å². The van der Waals surface area contributed by atoms with E-state index >= 15 is 0 Å². The molecule has 1 unspecified atom stereocenters. The number of hydrogen-bond donors (Lipinski definition) is 1. The summed E-state index contributed by atoms with van der Waals surface area (Å²) in [6.45, 7) is 5.31. The van der Waals surface area contributed by atoms with Crippen LogP contribution in [0.1, 0.15) is 38.2 Å². The lowest BCUT2D eigenvalue weighted by atomic mass is 9.88. The Hall–Kier alpha value is -1.85. The second-order valence-electron chi connectivity index (χ2n) is 7.37. The molecule has 2 fully saturated rings. The molecule has 0 aromatic heterocycles. The predicted octanol–water partition coefficient (Wildman–Crippen LogP) is 2.86. The number of piperidine rings is 1. The van der Waals surface area contributed by atoms with Crippen LogP contribution in [0.2, 0.25) is 0 Å². The minimum absolute atomic E-state index is 0.0213. The highest BCUT2D eigenvalue weighted by Gasteiger charge is 2.42. The van der Waals surface area contributed by atoms with Crippen LogP contribution in [0.5, 0.6) is 5.75 Å². The van der Waals surface area contributed by atoms with Gasteiger partial charge in [-0.2, -0.15) is 0 Å². The number of benzene rings is 1. The van der Waals surface area contributed by atoms with Gasteiger partial charge in [0.2, 0.25) is 5.91 Å². The number of methoxy groups -OCH3 is 1. The fourth-order valence-electron chi connectivity index (χ4n) is 3.86. The number of carbonyl (C=O) groups excluding carboxylic acids is 1. The molecule has 2 aliphatic rings. The maximum absolute atomic E-state index is 11.1. The molecule has 0 bridgehead atoms. The highest BCUT2D eigenvalue weighted by Crippen LogP contribution is 2.38. The highest BCUT2D eigenvalue weighted by atomic mass is 16.5. The normalized spacial score (nSPS) is 22.8. The van der Waals surface area contributed by atoms with Crippen molar-refractivity contribution in [1.82, 2.24) is 10.2 Å². The van der Waals surface area contributed by atoms with Crippen LogP contribution >= 0.6 is 0 Å². The number of amides is 1. The van der Waals surface area contributed by atoms with Crippen molar-refractivity contribution in [2.24, 2.45) is 0 Å². The van der Waals surface area contributed by atoms with E-state index < -0.39 is 0 Å². The molecule has 2 aliphatic heterocycles.